The van der Waals surface area contributed by atoms with Crippen LogP contribution in [0, 0.1) is 27.7 Å². The second kappa shape index (κ2) is 5.29. The van der Waals surface area contributed by atoms with Gasteiger partial charge in [-0.05, 0) is 50.5 Å². The average molecular weight is 279 g/mol. The van der Waals surface area contributed by atoms with Crippen molar-refractivity contribution in [2.45, 2.75) is 37.6 Å². The minimum atomic E-state index is 0.484. The Morgan fingerprint density at radius 1 is 1.00 bits per heavy atom. The first kappa shape index (κ1) is 13.4. The largest absolute Gasteiger partial charge is 0.154 e. The van der Waals surface area contributed by atoms with E-state index < -0.39 is 0 Å². The van der Waals surface area contributed by atoms with Gasteiger partial charge in [0.25, 0.3) is 0 Å². The second-order valence-electron chi connectivity index (χ2n) is 4.42. The standard InChI is InChI=1S/C14H15ClN2S/c1-8-5-6-12(9(2)7-8)18-14-11(4)10(3)13(15)16-17-14/h5-7H,1-4H3. The van der Waals surface area contributed by atoms with Gasteiger partial charge in [0, 0.05) is 4.90 Å². The van der Waals surface area contributed by atoms with Crippen molar-refractivity contribution in [3.63, 3.8) is 0 Å². The Morgan fingerprint density at radius 2 is 1.72 bits per heavy atom. The Morgan fingerprint density at radius 3 is 2.39 bits per heavy atom. The molecular formula is C14H15ClN2S. The van der Waals surface area contributed by atoms with E-state index in [-0.39, 0.29) is 0 Å². The summed E-state index contributed by atoms with van der Waals surface area (Å²) >= 11 is 7.60. The highest BCUT2D eigenvalue weighted by Crippen LogP contribution is 2.33. The number of benzene rings is 1. The molecule has 1 aromatic carbocycles. The quantitative estimate of drug-likeness (QED) is 0.808. The van der Waals surface area contributed by atoms with Crippen molar-refractivity contribution >= 4 is 23.4 Å². The molecule has 0 aliphatic rings. The van der Waals surface area contributed by atoms with Crippen LogP contribution in [0.4, 0.5) is 0 Å². The van der Waals surface area contributed by atoms with E-state index in [1.165, 1.54) is 16.0 Å². The highest BCUT2D eigenvalue weighted by Gasteiger charge is 2.10. The summed E-state index contributed by atoms with van der Waals surface area (Å²) in [6.07, 6.45) is 0. The van der Waals surface area contributed by atoms with Crippen molar-refractivity contribution < 1.29 is 0 Å². The van der Waals surface area contributed by atoms with Crippen LogP contribution in [-0.4, -0.2) is 10.2 Å². The van der Waals surface area contributed by atoms with Crippen molar-refractivity contribution in [3.05, 3.63) is 45.6 Å². The number of aromatic nitrogens is 2. The van der Waals surface area contributed by atoms with Crippen LogP contribution < -0.4 is 0 Å². The van der Waals surface area contributed by atoms with Gasteiger partial charge in [-0.25, -0.2) is 0 Å². The zero-order valence-corrected chi connectivity index (χ0v) is 12.5. The molecule has 1 aromatic heterocycles. The third-order valence-corrected chi connectivity index (χ3v) is 4.58. The van der Waals surface area contributed by atoms with Crippen LogP contribution in [0.25, 0.3) is 0 Å². The summed E-state index contributed by atoms with van der Waals surface area (Å²) < 4.78 is 0. The summed E-state index contributed by atoms with van der Waals surface area (Å²) in [4.78, 5) is 1.21. The SMILES string of the molecule is Cc1ccc(Sc2nnc(Cl)c(C)c2C)c(C)c1. The Labute approximate surface area is 117 Å². The molecule has 0 N–H and O–H groups in total. The zero-order valence-electron chi connectivity index (χ0n) is 10.9. The van der Waals surface area contributed by atoms with Crippen LogP contribution in [0.15, 0.2) is 28.1 Å². The fourth-order valence-corrected chi connectivity index (χ4v) is 2.80. The summed E-state index contributed by atoms with van der Waals surface area (Å²) in [7, 11) is 0. The van der Waals surface area contributed by atoms with Gasteiger partial charge in [-0.15, -0.1) is 10.2 Å². The van der Waals surface area contributed by atoms with Crippen LogP contribution in [0.1, 0.15) is 22.3 Å². The molecule has 0 aliphatic heterocycles. The molecule has 0 spiro atoms. The van der Waals surface area contributed by atoms with E-state index in [4.69, 9.17) is 11.6 Å². The van der Waals surface area contributed by atoms with E-state index >= 15 is 0 Å². The number of halogens is 1. The average Bonchev–Trinajstić information content (AvgIpc) is 2.33. The molecular weight excluding hydrogens is 264 g/mol. The van der Waals surface area contributed by atoms with Gasteiger partial charge in [0.1, 0.15) is 5.03 Å². The van der Waals surface area contributed by atoms with Crippen molar-refractivity contribution in [2.24, 2.45) is 0 Å². The Hall–Kier alpha value is -1.06. The Kier molecular flexibility index (Phi) is 3.93. The molecule has 0 aliphatic carbocycles. The molecule has 1 heterocycles. The Balaban J connectivity index is 2.37. The van der Waals surface area contributed by atoms with Crippen molar-refractivity contribution in [2.75, 3.05) is 0 Å². The number of aryl methyl sites for hydroxylation is 2. The van der Waals surface area contributed by atoms with Gasteiger partial charge in [-0.1, -0.05) is 41.1 Å². The van der Waals surface area contributed by atoms with E-state index in [0.29, 0.717) is 5.15 Å². The van der Waals surface area contributed by atoms with Crippen LogP contribution in [0.5, 0.6) is 0 Å². The maximum absolute atomic E-state index is 5.96. The molecule has 0 amide bonds. The molecule has 18 heavy (non-hydrogen) atoms. The molecule has 2 rings (SSSR count). The van der Waals surface area contributed by atoms with E-state index in [1.807, 2.05) is 13.8 Å². The van der Waals surface area contributed by atoms with Gasteiger partial charge in [-0.2, -0.15) is 0 Å². The zero-order chi connectivity index (χ0) is 13.3. The van der Waals surface area contributed by atoms with Crippen LogP contribution in [0.3, 0.4) is 0 Å². The van der Waals surface area contributed by atoms with Crippen molar-refractivity contribution in [1.29, 1.82) is 0 Å². The maximum atomic E-state index is 5.96. The lowest BCUT2D eigenvalue weighted by Gasteiger charge is -2.09. The molecule has 2 nitrogen and oxygen atoms in total. The molecule has 0 fully saturated rings. The topological polar surface area (TPSA) is 25.8 Å². The molecule has 0 saturated carbocycles. The lowest BCUT2D eigenvalue weighted by atomic mass is 10.2. The van der Waals surface area contributed by atoms with Gasteiger partial charge in [-0.3, -0.25) is 0 Å². The number of nitrogens with zero attached hydrogens (tertiary/aromatic N) is 2. The summed E-state index contributed by atoms with van der Waals surface area (Å²) in [5, 5.41) is 9.56. The van der Waals surface area contributed by atoms with E-state index in [9.17, 15) is 0 Å². The summed E-state index contributed by atoms with van der Waals surface area (Å²) in [5.41, 5.74) is 4.62. The molecule has 0 bridgehead atoms. The summed E-state index contributed by atoms with van der Waals surface area (Å²) in [5.74, 6) is 0. The summed E-state index contributed by atoms with van der Waals surface area (Å²) in [6, 6.07) is 6.41. The Bertz CT molecular complexity index is 597. The number of hydrogen-bond acceptors (Lipinski definition) is 3. The number of rotatable bonds is 2. The first-order chi connectivity index (χ1) is 8.49. The van der Waals surface area contributed by atoms with Gasteiger partial charge in [0.05, 0.1) is 0 Å². The molecule has 2 aromatic rings. The molecule has 0 atom stereocenters. The highest BCUT2D eigenvalue weighted by molar-refractivity contribution is 7.99. The molecule has 4 heteroatoms. The molecule has 0 unspecified atom stereocenters. The molecule has 0 saturated heterocycles. The maximum Gasteiger partial charge on any atom is 0.154 e. The lowest BCUT2D eigenvalue weighted by molar-refractivity contribution is 0.891. The first-order valence-electron chi connectivity index (χ1n) is 5.73. The minimum absolute atomic E-state index is 0.484. The first-order valence-corrected chi connectivity index (χ1v) is 6.93. The van der Waals surface area contributed by atoms with E-state index in [0.717, 1.165) is 16.2 Å². The van der Waals surface area contributed by atoms with Gasteiger partial charge in [0.2, 0.25) is 0 Å². The van der Waals surface area contributed by atoms with Crippen LogP contribution >= 0.6 is 23.4 Å². The minimum Gasteiger partial charge on any atom is -0.142 e. The van der Waals surface area contributed by atoms with Crippen molar-refractivity contribution in [3.8, 4) is 0 Å². The fraction of sp³-hybridized carbons (Fsp3) is 0.286. The third kappa shape index (κ3) is 2.68. The summed E-state index contributed by atoms with van der Waals surface area (Å²) in [6.45, 7) is 8.21. The van der Waals surface area contributed by atoms with Crippen molar-refractivity contribution in [1.82, 2.24) is 10.2 Å². The van der Waals surface area contributed by atoms with Gasteiger partial charge in [0.15, 0.2) is 5.15 Å². The smallest absolute Gasteiger partial charge is 0.142 e. The molecule has 94 valence electrons. The van der Waals surface area contributed by atoms with Crippen LogP contribution in [-0.2, 0) is 0 Å². The van der Waals surface area contributed by atoms with E-state index in [2.05, 4.69) is 42.2 Å². The fourth-order valence-electron chi connectivity index (χ4n) is 1.67. The predicted octanol–water partition coefficient (Wildman–Crippen LogP) is 4.51. The lowest BCUT2D eigenvalue weighted by Crippen LogP contribution is -1.95. The normalized spacial score (nSPS) is 10.7. The van der Waals surface area contributed by atoms with Gasteiger partial charge < -0.3 is 0 Å². The third-order valence-electron chi connectivity index (χ3n) is 2.96. The van der Waals surface area contributed by atoms with E-state index in [1.54, 1.807) is 11.8 Å². The molecule has 0 radical (unpaired) electrons. The number of hydrogen-bond donors (Lipinski definition) is 0. The highest BCUT2D eigenvalue weighted by atomic mass is 35.5. The second-order valence-corrected chi connectivity index (χ2v) is 5.81. The predicted molar refractivity (Wildman–Crippen MR) is 76.6 cm³/mol. The van der Waals surface area contributed by atoms with Gasteiger partial charge >= 0.3 is 0 Å². The van der Waals surface area contributed by atoms with Crippen LogP contribution in [0.2, 0.25) is 5.15 Å². The monoisotopic (exact) mass is 278 g/mol.